The second-order valence-electron chi connectivity index (χ2n) is 16.9. The first kappa shape index (κ1) is 55.3. The quantitative estimate of drug-likeness (QED) is 0.0374. The molecule has 384 valence electrons. The molecule has 19 N–H and O–H groups in total. The standard InChI is InChI=1S/C46H66N16O9/c1-26(63)57-32(16-9-19-53-45(48)49)41(68)62-36-23-37(64)52-18-8-7-15-31(39(47)66)59-44(71)35(22-28-24-55-30-14-6-5-13-29(28)30)61-42(69)33(17-10-20-54-46(50)51)60-43(70)34(21-27-11-3-2-4-12-27)58-38(65)25-56-40(36)67/h2-6,11-14,24,31-36,55H,7-10,15-23,25H2,1H3,(H2,47,66)(H,52,64)(H,56,67)(H,57,63)(H,58,65)(H,59,71)(H,60,70)(H,61,69)(H,62,68)(H4,48,49,53)(H4,50,51,54). The molecule has 1 fully saturated rings. The minimum Gasteiger partial charge on any atom is -0.370 e. The zero-order valence-corrected chi connectivity index (χ0v) is 39.6. The van der Waals surface area contributed by atoms with Crippen LogP contribution in [0.4, 0.5) is 0 Å². The molecule has 6 atom stereocenters. The lowest BCUT2D eigenvalue weighted by Gasteiger charge is -2.26. The highest BCUT2D eigenvalue weighted by Gasteiger charge is 2.33. The fourth-order valence-electron chi connectivity index (χ4n) is 7.66. The number of hydrogen-bond donors (Lipinski definition) is 14. The molecule has 1 saturated heterocycles. The number of H-pyrrole nitrogens is 1. The van der Waals surface area contributed by atoms with Crippen LogP contribution in [0.1, 0.15) is 69.4 Å². The molecular formula is C46H66N16O9. The molecular weight excluding hydrogens is 921 g/mol. The summed E-state index contributed by atoms with van der Waals surface area (Å²) in [5.74, 6) is -7.45. The Kier molecular flexibility index (Phi) is 22.1. The Labute approximate surface area is 409 Å². The summed E-state index contributed by atoms with van der Waals surface area (Å²) >= 11 is 0. The van der Waals surface area contributed by atoms with E-state index >= 15 is 0 Å². The van der Waals surface area contributed by atoms with Crippen molar-refractivity contribution in [2.45, 2.75) is 107 Å². The molecule has 25 heteroatoms. The number of benzene rings is 2. The van der Waals surface area contributed by atoms with Crippen LogP contribution < -0.4 is 71.2 Å². The van der Waals surface area contributed by atoms with Crippen molar-refractivity contribution in [3.63, 3.8) is 0 Å². The molecule has 4 rings (SSSR count). The number of fused-ring (bicyclic) bond motifs is 1. The summed E-state index contributed by atoms with van der Waals surface area (Å²) in [7, 11) is 0. The van der Waals surface area contributed by atoms with Crippen molar-refractivity contribution in [1.29, 1.82) is 0 Å². The molecule has 0 radical (unpaired) electrons. The van der Waals surface area contributed by atoms with Gasteiger partial charge < -0.3 is 76.2 Å². The molecule has 0 bridgehead atoms. The molecule has 0 aliphatic carbocycles. The lowest BCUT2D eigenvalue weighted by molar-refractivity contribution is -0.135. The molecule has 3 aromatic rings. The van der Waals surface area contributed by atoms with Gasteiger partial charge in [-0.15, -0.1) is 0 Å². The fourth-order valence-corrected chi connectivity index (χ4v) is 7.66. The highest BCUT2D eigenvalue weighted by atomic mass is 16.2. The lowest BCUT2D eigenvalue weighted by Crippen LogP contribution is -2.59. The van der Waals surface area contributed by atoms with Gasteiger partial charge in [0.05, 0.1) is 13.0 Å². The van der Waals surface area contributed by atoms with Gasteiger partial charge in [0.25, 0.3) is 0 Å². The number of aromatic amines is 1. The van der Waals surface area contributed by atoms with Gasteiger partial charge in [0.15, 0.2) is 11.9 Å². The van der Waals surface area contributed by atoms with Gasteiger partial charge in [0, 0.05) is 56.5 Å². The Morgan fingerprint density at radius 1 is 0.704 bits per heavy atom. The van der Waals surface area contributed by atoms with Gasteiger partial charge in [-0.3, -0.25) is 53.1 Å². The molecule has 0 saturated carbocycles. The first-order valence-corrected chi connectivity index (χ1v) is 23.2. The van der Waals surface area contributed by atoms with E-state index in [2.05, 4.69) is 57.5 Å². The van der Waals surface area contributed by atoms with Gasteiger partial charge in [0.1, 0.15) is 36.3 Å². The van der Waals surface area contributed by atoms with Crippen LogP contribution in [-0.2, 0) is 56.0 Å². The van der Waals surface area contributed by atoms with Crippen LogP contribution >= 0.6 is 0 Å². The zero-order chi connectivity index (χ0) is 51.9. The van der Waals surface area contributed by atoms with Crippen molar-refractivity contribution < 1.29 is 43.2 Å². The van der Waals surface area contributed by atoms with E-state index in [1.54, 1.807) is 36.5 Å². The Bertz CT molecular complexity index is 2400. The Balaban J connectivity index is 1.69. The number of para-hydroxylation sites is 1. The Hall–Kier alpha value is -8.25. The van der Waals surface area contributed by atoms with Crippen LogP contribution in [0.2, 0.25) is 0 Å². The van der Waals surface area contributed by atoms with Crippen molar-refractivity contribution in [2.24, 2.45) is 38.7 Å². The Morgan fingerprint density at radius 3 is 2.03 bits per heavy atom. The second kappa shape index (κ2) is 28.3. The maximum Gasteiger partial charge on any atom is 0.243 e. The third kappa shape index (κ3) is 19.3. The van der Waals surface area contributed by atoms with Gasteiger partial charge in [-0.1, -0.05) is 48.5 Å². The third-order valence-corrected chi connectivity index (χ3v) is 11.2. The summed E-state index contributed by atoms with van der Waals surface area (Å²) in [6.07, 6.45) is 1.95. The van der Waals surface area contributed by atoms with Gasteiger partial charge in [0.2, 0.25) is 53.2 Å². The van der Waals surface area contributed by atoms with E-state index in [4.69, 9.17) is 28.7 Å². The van der Waals surface area contributed by atoms with Crippen molar-refractivity contribution in [3.8, 4) is 0 Å². The van der Waals surface area contributed by atoms with E-state index in [0.717, 1.165) is 10.9 Å². The molecule has 1 aliphatic heterocycles. The predicted molar refractivity (Wildman–Crippen MR) is 263 cm³/mol. The largest absolute Gasteiger partial charge is 0.370 e. The highest BCUT2D eigenvalue weighted by Crippen LogP contribution is 2.20. The average molecular weight is 987 g/mol. The van der Waals surface area contributed by atoms with Crippen molar-refractivity contribution in [1.82, 2.24) is 47.5 Å². The lowest BCUT2D eigenvalue weighted by atomic mass is 10.0. The summed E-state index contributed by atoms with van der Waals surface area (Å²) in [5.41, 5.74) is 29.7. The number of aliphatic imine (C=N–C) groups is 2. The summed E-state index contributed by atoms with van der Waals surface area (Å²) in [4.78, 5) is 133. The highest BCUT2D eigenvalue weighted by molar-refractivity contribution is 5.98. The number of carbonyl (C=O) groups is 9. The molecule has 0 spiro atoms. The number of guanidine groups is 2. The van der Waals surface area contributed by atoms with Gasteiger partial charge >= 0.3 is 0 Å². The van der Waals surface area contributed by atoms with Gasteiger partial charge in [-0.25, -0.2) is 0 Å². The van der Waals surface area contributed by atoms with E-state index in [1.807, 2.05) is 24.3 Å². The molecule has 71 heavy (non-hydrogen) atoms. The predicted octanol–water partition coefficient (Wildman–Crippen LogP) is -3.72. The molecule has 2 aromatic carbocycles. The number of aromatic nitrogens is 1. The number of nitrogens with zero attached hydrogens (tertiary/aromatic N) is 2. The first-order valence-electron chi connectivity index (χ1n) is 23.2. The van der Waals surface area contributed by atoms with Crippen LogP contribution in [0.5, 0.6) is 0 Å². The topological polar surface area (TPSA) is 420 Å². The maximum atomic E-state index is 14.4. The number of primary amides is 1. The molecule has 2 heterocycles. The summed E-state index contributed by atoms with van der Waals surface area (Å²) < 4.78 is 0. The fraction of sp³-hybridized carbons (Fsp3) is 0.457. The SMILES string of the molecule is CC(=O)NC(CCCN=C(N)N)C(=O)NC1CC(=O)NCCCCC(C(N)=O)NC(=O)C(Cc2c[nH]c3ccccc23)NC(=O)C(CCCN=C(N)N)NC(=O)C(Cc2ccccc2)NC(=O)CNC1=O. The number of carbonyl (C=O) groups excluding carboxylic acids is 9. The maximum absolute atomic E-state index is 14.4. The normalized spacial score (nSPS) is 20.5. The second-order valence-corrected chi connectivity index (χ2v) is 16.9. The van der Waals surface area contributed by atoms with Crippen LogP contribution in [0.25, 0.3) is 10.9 Å². The minimum atomic E-state index is -1.57. The number of nitrogens with one attached hydrogen (secondary N) is 9. The molecule has 9 amide bonds. The smallest absolute Gasteiger partial charge is 0.243 e. The number of hydrogen-bond acceptors (Lipinski definition) is 11. The third-order valence-electron chi connectivity index (χ3n) is 11.2. The van der Waals surface area contributed by atoms with E-state index in [1.165, 1.54) is 6.92 Å². The van der Waals surface area contributed by atoms with Gasteiger partial charge in [-0.2, -0.15) is 0 Å². The van der Waals surface area contributed by atoms with Crippen LogP contribution in [0, 0.1) is 0 Å². The molecule has 6 unspecified atom stereocenters. The number of rotatable bonds is 16. The molecule has 1 aliphatic rings. The number of nitrogens with two attached hydrogens (primary N) is 5. The van der Waals surface area contributed by atoms with E-state index < -0.39 is 102 Å². The van der Waals surface area contributed by atoms with E-state index in [-0.39, 0.29) is 89.3 Å². The van der Waals surface area contributed by atoms with E-state index in [0.29, 0.717) is 11.1 Å². The molecule has 25 nitrogen and oxygen atoms in total. The zero-order valence-electron chi connectivity index (χ0n) is 39.6. The van der Waals surface area contributed by atoms with Crippen LogP contribution in [0.3, 0.4) is 0 Å². The molecule has 1 aromatic heterocycles. The monoisotopic (exact) mass is 987 g/mol. The van der Waals surface area contributed by atoms with E-state index in [9.17, 15) is 43.2 Å². The Morgan fingerprint density at radius 2 is 1.34 bits per heavy atom. The van der Waals surface area contributed by atoms with Crippen molar-refractivity contribution in [2.75, 3.05) is 26.2 Å². The first-order chi connectivity index (χ1) is 33.9. The number of amides is 9. The minimum absolute atomic E-state index is 0.0345. The van der Waals surface area contributed by atoms with Crippen LogP contribution in [-0.4, -0.2) is 132 Å². The summed E-state index contributed by atoms with van der Waals surface area (Å²) in [6, 6.07) is 8.00. The van der Waals surface area contributed by atoms with Crippen molar-refractivity contribution >= 4 is 76.0 Å². The average Bonchev–Trinajstić information content (AvgIpc) is 3.73. The van der Waals surface area contributed by atoms with Crippen LogP contribution in [0.15, 0.2) is 70.8 Å². The van der Waals surface area contributed by atoms with Crippen molar-refractivity contribution in [3.05, 3.63) is 71.9 Å². The van der Waals surface area contributed by atoms with Gasteiger partial charge in [-0.05, 0) is 62.1 Å². The summed E-state index contributed by atoms with van der Waals surface area (Å²) in [6.45, 7) is 0.700. The summed E-state index contributed by atoms with van der Waals surface area (Å²) in [5, 5.41) is 21.6.